The van der Waals surface area contributed by atoms with E-state index >= 15 is 0 Å². The number of amides is 1. The lowest BCUT2D eigenvalue weighted by Crippen LogP contribution is -2.34. The second-order valence-electron chi connectivity index (χ2n) is 4.70. The lowest BCUT2D eigenvalue weighted by molar-refractivity contribution is 0.0951. The molecule has 0 aliphatic heterocycles. The van der Waals surface area contributed by atoms with E-state index in [1.165, 1.54) is 0 Å². The highest BCUT2D eigenvalue weighted by Gasteiger charge is 2.11. The van der Waals surface area contributed by atoms with Gasteiger partial charge in [0.1, 0.15) is 5.84 Å². The second kappa shape index (κ2) is 6.06. The Morgan fingerprint density at radius 2 is 2.00 bits per heavy atom. The molecule has 0 radical (unpaired) electrons. The molecule has 1 amide bonds. The van der Waals surface area contributed by atoms with Crippen molar-refractivity contribution in [2.75, 3.05) is 6.54 Å². The van der Waals surface area contributed by atoms with Crippen LogP contribution in [0.15, 0.2) is 47.6 Å². The van der Waals surface area contributed by atoms with Gasteiger partial charge >= 0.3 is 0 Å². The Bertz CT molecular complexity index is 652. The summed E-state index contributed by atoms with van der Waals surface area (Å²) in [6.07, 6.45) is 0. The van der Waals surface area contributed by atoms with Gasteiger partial charge in [-0.3, -0.25) is 4.79 Å². The van der Waals surface area contributed by atoms with Gasteiger partial charge in [0.2, 0.25) is 0 Å². The predicted molar refractivity (Wildman–Crippen MR) is 78.9 cm³/mol. The molecule has 104 valence electrons. The van der Waals surface area contributed by atoms with E-state index < -0.39 is 0 Å². The van der Waals surface area contributed by atoms with Crippen LogP contribution in [-0.4, -0.2) is 23.5 Å². The Hall–Kier alpha value is -2.56. The smallest absolute Gasteiger partial charge is 0.251 e. The first-order valence-corrected chi connectivity index (χ1v) is 6.36. The maximum Gasteiger partial charge on any atom is 0.251 e. The minimum atomic E-state index is -0.218. The van der Waals surface area contributed by atoms with E-state index in [2.05, 4.69) is 10.5 Å². The van der Waals surface area contributed by atoms with Crippen molar-refractivity contribution in [3.05, 3.63) is 48.0 Å². The molecule has 0 heterocycles. The van der Waals surface area contributed by atoms with Crippen LogP contribution >= 0.6 is 0 Å². The molecule has 1 unspecified atom stereocenters. The average molecular weight is 271 g/mol. The third kappa shape index (κ3) is 3.06. The molecular formula is C15H17N3O2. The van der Waals surface area contributed by atoms with E-state index in [4.69, 9.17) is 10.9 Å². The summed E-state index contributed by atoms with van der Waals surface area (Å²) in [6, 6.07) is 13.4. The molecule has 0 bridgehead atoms. The molecule has 2 aromatic carbocycles. The Morgan fingerprint density at radius 1 is 1.30 bits per heavy atom. The number of oxime groups is 1. The van der Waals surface area contributed by atoms with Gasteiger partial charge in [-0.05, 0) is 22.9 Å². The van der Waals surface area contributed by atoms with E-state index in [-0.39, 0.29) is 17.7 Å². The number of benzene rings is 2. The molecule has 0 aromatic heterocycles. The zero-order chi connectivity index (χ0) is 14.5. The Morgan fingerprint density at radius 3 is 2.70 bits per heavy atom. The van der Waals surface area contributed by atoms with Crippen LogP contribution < -0.4 is 11.1 Å². The summed E-state index contributed by atoms with van der Waals surface area (Å²) in [6.45, 7) is 2.09. The normalized spacial score (nSPS) is 13.2. The van der Waals surface area contributed by atoms with E-state index in [1.807, 2.05) is 36.4 Å². The highest BCUT2D eigenvalue weighted by atomic mass is 16.4. The quantitative estimate of drug-likeness (QED) is 0.344. The van der Waals surface area contributed by atoms with Crippen molar-refractivity contribution >= 4 is 22.5 Å². The van der Waals surface area contributed by atoms with Crippen LogP contribution in [0.1, 0.15) is 17.3 Å². The minimum Gasteiger partial charge on any atom is -0.409 e. The molecule has 1 atom stereocenters. The van der Waals surface area contributed by atoms with Gasteiger partial charge in [0.25, 0.3) is 5.91 Å². The van der Waals surface area contributed by atoms with Gasteiger partial charge in [0.05, 0.1) is 0 Å². The highest BCUT2D eigenvalue weighted by molar-refractivity contribution is 5.98. The predicted octanol–water partition coefficient (Wildman–Crippen LogP) is 1.95. The van der Waals surface area contributed by atoms with Crippen molar-refractivity contribution in [2.45, 2.75) is 6.92 Å². The summed E-state index contributed by atoms with van der Waals surface area (Å²) in [4.78, 5) is 12.0. The fourth-order valence-corrected chi connectivity index (χ4v) is 1.88. The standard InChI is InChI=1S/C15H17N3O2/c1-10(14(16)18-20)9-17-15(19)13-7-6-11-4-2-3-5-12(11)8-13/h2-8,10,20H,9H2,1H3,(H2,16,18)(H,17,19). The van der Waals surface area contributed by atoms with E-state index in [0.29, 0.717) is 12.1 Å². The first-order chi connectivity index (χ1) is 9.61. The molecule has 0 saturated heterocycles. The number of nitrogens with zero attached hydrogens (tertiary/aromatic N) is 1. The number of rotatable bonds is 4. The van der Waals surface area contributed by atoms with Crippen LogP contribution in [0.5, 0.6) is 0 Å². The van der Waals surface area contributed by atoms with E-state index in [0.717, 1.165) is 10.8 Å². The lowest BCUT2D eigenvalue weighted by atomic mass is 10.1. The maximum atomic E-state index is 12.0. The van der Waals surface area contributed by atoms with Crippen LogP contribution in [0.25, 0.3) is 10.8 Å². The largest absolute Gasteiger partial charge is 0.409 e. The van der Waals surface area contributed by atoms with Gasteiger partial charge in [-0.15, -0.1) is 0 Å². The summed E-state index contributed by atoms with van der Waals surface area (Å²) >= 11 is 0. The lowest BCUT2D eigenvalue weighted by Gasteiger charge is -2.11. The Kier molecular flexibility index (Phi) is 4.20. The van der Waals surface area contributed by atoms with Crippen molar-refractivity contribution in [1.29, 1.82) is 0 Å². The number of hydrogen-bond donors (Lipinski definition) is 3. The molecule has 5 heteroatoms. The van der Waals surface area contributed by atoms with Crippen molar-refractivity contribution in [3.63, 3.8) is 0 Å². The summed E-state index contributed by atoms with van der Waals surface area (Å²) in [5, 5.41) is 16.4. The topological polar surface area (TPSA) is 87.7 Å². The van der Waals surface area contributed by atoms with Gasteiger partial charge < -0.3 is 16.3 Å². The number of hydrogen-bond acceptors (Lipinski definition) is 3. The number of nitrogens with two attached hydrogens (primary N) is 1. The Balaban J connectivity index is 2.08. The molecule has 0 saturated carbocycles. The van der Waals surface area contributed by atoms with Gasteiger partial charge in [-0.2, -0.15) is 0 Å². The molecule has 0 aliphatic rings. The zero-order valence-corrected chi connectivity index (χ0v) is 11.2. The average Bonchev–Trinajstić information content (AvgIpc) is 2.50. The fraction of sp³-hybridized carbons (Fsp3) is 0.200. The van der Waals surface area contributed by atoms with Crippen molar-refractivity contribution < 1.29 is 10.0 Å². The number of carbonyl (C=O) groups is 1. The molecule has 4 N–H and O–H groups in total. The summed E-state index contributed by atoms with van der Waals surface area (Å²) < 4.78 is 0. The summed E-state index contributed by atoms with van der Waals surface area (Å²) in [5.74, 6) is -0.290. The first-order valence-electron chi connectivity index (χ1n) is 6.36. The van der Waals surface area contributed by atoms with E-state index in [9.17, 15) is 4.79 Å². The fourth-order valence-electron chi connectivity index (χ4n) is 1.88. The van der Waals surface area contributed by atoms with Crippen LogP contribution in [0, 0.1) is 5.92 Å². The third-order valence-corrected chi connectivity index (χ3v) is 3.20. The highest BCUT2D eigenvalue weighted by Crippen LogP contribution is 2.15. The summed E-state index contributed by atoms with van der Waals surface area (Å²) in [5.41, 5.74) is 6.06. The number of carbonyl (C=O) groups excluding carboxylic acids is 1. The third-order valence-electron chi connectivity index (χ3n) is 3.20. The van der Waals surface area contributed by atoms with Crippen LogP contribution in [0.3, 0.4) is 0 Å². The SMILES string of the molecule is CC(CNC(=O)c1ccc2ccccc2c1)C(N)=NO. The molecule has 0 spiro atoms. The number of fused-ring (bicyclic) bond motifs is 1. The van der Waals surface area contributed by atoms with E-state index in [1.54, 1.807) is 13.0 Å². The summed E-state index contributed by atoms with van der Waals surface area (Å²) in [7, 11) is 0. The molecule has 2 aromatic rings. The van der Waals surface area contributed by atoms with Crippen molar-refractivity contribution in [1.82, 2.24) is 5.32 Å². The number of amidine groups is 1. The van der Waals surface area contributed by atoms with Crippen LogP contribution in [0.4, 0.5) is 0 Å². The van der Waals surface area contributed by atoms with Crippen LogP contribution in [0.2, 0.25) is 0 Å². The van der Waals surface area contributed by atoms with Gasteiger partial charge in [0.15, 0.2) is 0 Å². The van der Waals surface area contributed by atoms with Crippen molar-refractivity contribution in [2.24, 2.45) is 16.8 Å². The Labute approximate surface area is 117 Å². The van der Waals surface area contributed by atoms with Gasteiger partial charge in [-0.25, -0.2) is 0 Å². The molecule has 2 rings (SSSR count). The monoisotopic (exact) mass is 271 g/mol. The molecule has 20 heavy (non-hydrogen) atoms. The minimum absolute atomic E-state index is 0.101. The van der Waals surface area contributed by atoms with Gasteiger partial charge in [-0.1, -0.05) is 42.4 Å². The molecule has 0 aliphatic carbocycles. The first kappa shape index (κ1) is 13.9. The van der Waals surface area contributed by atoms with Crippen LogP contribution in [-0.2, 0) is 0 Å². The molecule has 0 fully saturated rings. The maximum absolute atomic E-state index is 12.0. The number of nitrogens with one attached hydrogen (secondary N) is 1. The molecule has 5 nitrogen and oxygen atoms in total. The zero-order valence-electron chi connectivity index (χ0n) is 11.2. The second-order valence-corrected chi connectivity index (χ2v) is 4.70. The van der Waals surface area contributed by atoms with Gasteiger partial charge in [0, 0.05) is 18.0 Å². The van der Waals surface area contributed by atoms with Crippen molar-refractivity contribution in [3.8, 4) is 0 Å². The molecular weight excluding hydrogens is 254 g/mol.